The Morgan fingerprint density at radius 3 is 2.77 bits per heavy atom. The third kappa shape index (κ3) is 2.89. The number of benzene rings is 2. The number of para-hydroxylation sites is 1. The number of amides is 1. The molecule has 1 amide bonds. The lowest BCUT2D eigenvalue weighted by Crippen LogP contribution is -2.11. The largest absolute Gasteiger partial charge is 0.495 e. The van der Waals surface area contributed by atoms with Crippen molar-refractivity contribution in [2.75, 3.05) is 12.4 Å². The summed E-state index contributed by atoms with van der Waals surface area (Å²) in [6.45, 7) is 1.96. The van der Waals surface area contributed by atoms with E-state index in [4.69, 9.17) is 16.3 Å². The average molecular weight is 383 g/mol. The van der Waals surface area contributed by atoms with E-state index in [2.05, 4.69) is 10.3 Å². The molecular weight excluding hydrogens is 368 g/mol. The van der Waals surface area contributed by atoms with Gasteiger partial charge in [0.2, 0.25) is 0 Å². The number of ether oxygens (including phenoxy) is 1. The number of thiophene rings is 1. The molecule has 0 aliphatic heterocycles. The van der Waals surface area contributed by atoms with Crippen LogP contribution in [0, 0.1) is 6.92 Å². The van der Waals surface area contributed by atoms with Crippen LogP contribution < -0.4 is 10.1 Å². The quantitative estimate of drug-likeness (QED) is 0.464. The molecule has 0 saturated heterocycles. The number of nitrogens with one attached hydrogen (secondary N) is 1. The Hall–Kier alpha value is -2.63. The highest BCUT2D eigenvalue weighted by Crippen LogP contribution is 2.36. The zero-order valence-corrected chi connectivity index (χ0v) is 15.7. The van der Waals surface area contributed by atoms with Gasteiger partial charge in [-0.3, -0.25) is 4.79 Å². The summed E-state index contributed by atoms with van der Waals surface area (Å²) in [4.78, 5) is 17.8. The van der Waals surface area contributed by atoms with Gasteiger partial charge in [-0.1, -0.05) is 35.9 Å². The first-order valence-corrected chi connectivity index (χ1v) is 9.20. The molecule has 0 unspecified atom stereocenters. The Balaban J connectivity index is 1.77. The lowest BCUT2D eigenvalue weighted by atomic mass is 10.2. The van der Waals surface area contributed by atoms with Crippen LogP contribution in [0.4, 0.5) is 5.69 Å². The summed E-state index contributed by atoms with van der Waals surface area (Å²) < 4.78 is 6.29. The van der Waals surface area contributed by atoms with Gasteiger partial charge in [0, 0.05) is 15.5 Å². The first-order valence-electron chi connectivity index (χ1n) is 8.00. The number of aryl methyl sites for hydroxylation is 1. The van der Waals surface area contributed by atoms with Crippen LogP contribution in [0.5, 0.6) is 5.75 Å². The molecule has 2 aromatic carbocycles. The van der Waals surface area contributed by atoms with Crippen molar-refractivity contribution in [3.63, 3.8) is 0 Å². The van der Waals surface area contributed by atoms with Crippen LogP contribution in [-0.4, -0.2) is 18.0 Å². The third-order valence-electron chi connectivity index (χ3n) is 4.15. The number of pyridine rings is 1. The molecule has 0 saturated carbocycles. The van der Waals surface area contributed by atoms with E-state index in [1.165, 1.54) is 11.3 Å². The van der Waals surface area contributed by atoms with Crippen LogP contribution >= 0.6 is 22.9 Å². The van der Waals surface area contributed by atoms with Crippen molar-refractivity contribution in [1.29, 1.82) is 0 Å². The Bertz CT molecular complexity index is 1150. The van der Waals surface area contributed by atoms with Gasteiger partial charge < -0.3 is 10.1 Å². The van der Waals surface area contributed by atoms with Crippen LogP contribution in [0.1, 0.15) is 15.2 Å². The normalized spacial score (nSPS) is 11.0. The van der Waals surface area contributed by atoms with Crippen molar-refractivity contribution < 1.29 is 9.53 Å². The molecule has 1 N–H and O–H groups in total. The lowest BCUT2D eigenvalue weighted by Gasteiger charge is -2.10. The predicted octanol–water partition coefficient (Wildman–Crippen LogP) is 5.67. The third-order valence-corrected chi connectivity index (χ3v) is 5.60. The maximum Gasteiger partial charge on any atom is 0.265 e. The van der Waals surface area contributed by atoms with Crippen LogP contribution in [-0.2, 0) is 0 Å². The molecule has 4 nitrogen and oxygen atoms in total. The van der Waals surface area contributed by atoms with Crippen molar-refractivity contribution in [2.24, 2.45) is 0 Å². The maximum absolute atomic E-state index is 12.8. The summed E-state index contributed by atoms with van der Waals surface area (Å²) in [5.41, 5.74) is 2.50. The minimum atomic E-state index is -0.199. The van der Waals surface area contributed by atoms with E-state index < -0.39 is 0 Å². The maximum atomic E-state index is 12.8. The van der Waals surface area contributed by atoms with Gasteiger partial charge in [0.25, 0.3) is 5.91 Å². The second kappa shape index (κ2) is 6.59. The zero-order valence-electron chi connectivity index (χ0n) is 14.2. The standard InChI is InChI=1S/C20H15ClN2O2S/c1-11-7-8-16(25-2)15(9-11)23-20(24)17-10-13-18(26-17)12-5-3-4-6-14(12)22-19(13)21/h3-10H,1-2H3,(H,23,24). The summed E-state index contributed by atoms with van der Waals surface area (Å²) in [6, 6.07) is 15.2. The summed E-state index contributed by atoms with van der Waals surface area (Å²) in [5.74, 6) is 0.422. The Morgan fingerprint density at radius 1 is 1.15 bits per heavy atom. The van der Waals surface area contributed by atoms with E-state index in [9.17, 15) is 4.79 Å². The summed E-state index contributed by atoms with van der Waals surface area (Å²) in [7, 11) is 1.58. The van der Waals surface area contributed by atoms with Gasteiger partial charge >= 0.3 is 0 Å². The minimum absolute atomic E-state index is 0.199. The first kappa shape index (κ1) is 16.8. The number of nitrogens with zero attached hydrogens (tertiary/aromatic N) is 1. The van der Waals surface area contributed by atoms with E-state index >= 15 is 0 Å². The smallest absolute Gasteiger partial charge is 0.265 e. The average Bonchev–Trinajstić information content (AvgIpc) is 3.08. The number of halogens is 1. The minimum Gasteiger partial charge on any atom is -0.495 e. The Morgan fingerprint density at radius 2 is 1.96 bits per heavy atom. The molecule has 0 fully saturated rings. The van der Waals surface area contributed by atoms with Gasteiger partial charge in [-0.25, -0.2) is 4.98 Å². The number of methoxy groups -OCH3 is 1. The highest BCUT2D eigenvalue weighted by molar-refractivity contribution is 7.22. The molecule has 0 atom stereocenters. The number of aromatic nitrogens is 1. The number of rotatable bonds is 3. The van der Waals surface area contributed by atoms with E-state index in [0.717, 1.165) is 26.6 Å². The van der Waals surface area contributed by atoms with Crippen molar-refractivity contribution in [1.82, 2.24) is 4.98 Å². The van der Waals surface area contributed by atoms with Gasteiger partial charge in [-0.05, 0) is 36.8 Å². The van der Waals surface area contributed by atoms with Gasteiger partial charge in [0.1, 0.15) is 10.9 Å². The fraction of sp³-hybridized carbons (Fsp3) is 0.100. The number of anilines is 1. The van der Waals surface area contributed by atoms with Gasteiger partial charge in [0.15, 0.2) is 0 Å². The van der Waals surface area contributed by atoms with Gasteiger partial charge in [-0.15, -0.1) is 11.3 Å². The van der Waals surface area contributed by atoms with E-state index in [1.807, 2.05) is 49.4 Å². The van der Waals surface area contributed by atoms with Crippen LogP contribution in [0.25, 0.3) is 21.0 Å². The topological polar surface area (TPSA) is 51.2 Å². The second-order valence-electron chi connectivity index (χ2n) is 5.93. The van der Waals surface area contributed by atoms with Crippen molar-refractivity contribution in [3.8, 4) is 5.75 Å². The number of hydrogen-bond donors (Lipinski definition) is 1. The molecule has 6 heteroatoms. The highest BCUT2D eigenvalue weighted by atomic mass is 35.5. The summed E-state index contributed by atoms with van der Waals surface area (Å²) in [5, 5.41) is 5.11. The highest BCUT2D eigenvalue weighted by Gasteiger charge is 2.16. The van der Waals surface area contributed by atoms with Crippen molar-refractivity contribution >= 4 is 55.5 Å². The Labute approximate surface area is 159 Å². The molecule has 0 radical (unpaired) electrons. The molecular formula is C20H15ClN2O2S. The fourth-order valence-corrected chi connectivity index (χ4v) is 4.27. The SMILES string of the molecule is COc1ccc(C)cc1NC(=O)c1cc2c(Cl)nc3ccccc3c2s1. The second-order valence-corrected chi connectivity index (χ2v) is 7.34. The molecule has 4 rings (SSSR count). The van der Waals surface area contributed by atoms with Gasteiger partial charge in [-0.2, -0.15) is 0 Å². The molecule has 26 heavy (non-hydrogen) atoms. The van der Waals surface area contributed by atoms with E-state index in [1.54, 1.807) is 13.2 Å². The molecule has 0 bridgehead atoms. The predicted molar refractivity (Wildman–Crippen MR) is 108 cm³/mol. The molecule has 2 heterocycles. The summed E-state index contributed by atoms with van der Waals surface area (Å²) >= 11 is 7.74. The molecule has 0 aliphatic carbocycles. The van der Waals surface area contributed by atoms with Gasteiger partial charge in [0.05, 0.1) is 23.2 Å². The lowest BCUT2D eigenvalue weighted by molar-refractivity contribution is 0.103. The van der Waals surface area contributed by atoms with E-state index in [-0.39, 0.29) is 5.91 Å². The number of hydrogen-bond acceptors (Lipinski definition) is 4. The van der Waals surface area contributed by atoms with Crippen LogP contribution in [0.15, 0.2) is 48.5 Å². The van der Waals surface area contributed by atoms with Crippen LogP contribution in [0.3, 0.4) is 0 Å². The van der Waals surface area contributed by atoms with E-state index in [0.29, 0.717) is 21.5 Å². The van der Waals surface area contributed by atoms with Crippen LogP contribution in [0.2, 0.25) is 5.15 Å². The monoisotopic (exact) mass is 382 g/mol. The number of carbonyl (C=O) groups excluding carboxylic acids is 1. The molecule has 0 aliphatic rings. The number of fused-ring (bicyclic) bond motifs is 3. The molecule has 130 valence electrons. The zero-order chi connectivity index (χ0) is 18.3. The molecule has 2 aromatic heterocycles. The Kier molecular flexibility index (Phi) is 4.26. The molecule has 4 aromatic rings. The van der Waals surface area contributed by atoms with Crippen molar-refractivity contribution in [2.45, 2.75) is 6.92 Å². The first-order chi connectivity index (χ1) is 12.6. The summed E-state index contributed by atoms with van der Waals surface area (Å²) in [6.07, 6.45) is 0. The fourth-order valence-electron chi connectivity index (χ4n) is 2.89. The molecule has 0 spiro atoms. The number of carbonyl (C=O) groups is 1. The van der Waals surface area contributed by atoms with Crippen molar-refractivity contribution in [3.05, 3.63) is 64.1 Å².